The summed E-state index contributed by atoms with van der Waals surface area (Å²) in [6.07, 6.45) is 3.26. The van der Waals surface area contributed by atoms with Gasteiger partial charge in [0, 0.05) is 18.0 Å². The lowest BCUT2D eigenvalue weighted by Gasteiger charge is -1.91. The number of nitrogens with zero attached hydrogens (tertiary/aromatic N) is 2. The Morgan fingerprint density at radius 1 is 1.31 bits per heavy atom. The number of hydrogen-bond acceptors (Lipinski definition) is 3. The third kappa shape index (κ3) is 2.66. The van der Waals surface area contributed by atoms with Gasteiger partial charge in [-0.05, 0) is 18.2 Å². The van der Waals surface area contributed by atoms with E-state index in [2.05, 4.69) is 15.2 Å². The van der Waals surface area contributed by atoms with Crippen LogP contribution in [-0.2, 0) is 0 Å². The van der Waals surface area contributed by atoms with E-state index in [9.17, 15) is 4.79 Å². The molecular weight excluding hydrogens is 206 g/mol. The smallest absolute Gasteiger partial charge is 0.353 e. The Kier molecular flexibility index (Phi) is 4.20. The molecule has 2 rings (SSSR count). The average molecular weight is 219 g/mol. The van der Waals surface area contributed by atoms with Crippen molar-refractivity contribution in [2.45, 2.75) is 13.8 Å². The molecule has 2 aromatic rings. The van der Waals surface area contributed by atoms with E-state index in [0.717, 1.165) is 5.56 Å². The van der Waals surface area contributed by atoms with Gasteiger partial charge >= 0.3 is 5.97 Å². The molecule has 0 atom stereocenters. The van der Waals surface area contributed by atoms with Crippen LogP contribution in [-0.4, -0.2) is 26.3 Å². The van der Waals surface area contributed by atoms with Crippen molar-refractivity contribution in [2.24, 2.45) is 0 Å². The van der Waals surface area contributed by atoms with E-state index in [4.69, 9.17) is 5.11 Å². The standard InChI is InChI=1S/C9H7N3O2.C2H6/c13-9(14)8-5-7(11-12-8)6-1-3-10-4-2-6;1-2/h1-5H,(H,11,12)(H,13,14);1-2H3. The molecule has 5 nitrogen and oxygen atoms in total. The molecule has 0 aliphatic rings. The van der Waals surface area contributed by atoms with E-state index in [1.807, 2.05) is 13.8 Å². The van der Waals surface area contributed by atoms with Crippen LogP contribution in [0, 0.1) is 0 Å². The maximum Gasteiger partial charge on any atom is 0.353 e. The molecule has 0 aliphatic heterocycles. The van der Waals surface area contributed by atoms with E-state index in [1.165, 1.54) is 6.07 Å². The minimum absolute atomic E-state index is 0.0804. The lowest BCUT2D eigenvalue weighted by molar-refractivity contribution is 0.0690. The fourth-order valence-corrected chi connectivity index (χ4v) is 1.10. The second-order valence-electron chi connectivity index (χ2n) is 2.71. The molecular formula is C11H13N3O2. The quantitative estimate of drug-likeness (QED) is 0.811. The van der Waals surface area contributed by atoms with Crippen molar-refractivity contribution in [2.75, 3.05) is 0 Å². The first-order valence-electron chi connectivity index (χ1n) is 4.96. The minimum atomic E-state index is -1.02. The van der Waals surface area contributed by atoms with E-state index in [0.29, 0.717) is 5.69 Å². The van der Waals surface area contributed by atoms with Crippen LogP contribution in [0.25, 0.3) is 11.3 Å². The normalized spacial score (nSPS) is 9.12. The summed E-state index contributed by atoms with van der Waals surface area (Å²) < 4.78 is 0. The molecule has 0 aromatic carbocycles. The number of carboxylic acids is 1. The molecule has 0 saturated heterocycles. The van der Waals surface area contributed by atoms with Crippen LogP contribution in [0.15, 0.2) is 30.6 Å². The van der Waals surface area contributed by atoms with Crippen molar-refractivity contribution < 1.29 is 9.90 Å². The van der Waals surface area contributed by atoms with Crippen LogP contribution >= 0.6 is 0 Å². The second-order valence-corrected chi connectivity index (χ2v) is 2.71. The SMILES string of the molecule is CC.O=C(O)c1cc(-c2ccncc2)n[nH]1. The van der Waals surface area contributed by atoms with E-state index < -0.39 is 5.97 Å². The summed E-state index contributed by atoms with van der Waals surface area (Å²) in [4.78, 5) is 14.4. The van der Waals surface area contributed by atoms with Crippen molar-refractivity contribution in [3.8, 4) is 11.3 Å². The molecule has 0 bridgehead atoms. The fraction of sp³-hybridized carbons (Fsp3) is 0.182. The van der Waals surface area contributed by atoms with Gasteiger partial charge in [0.05, 0.1) is 5.69 Å². The topological polar surface area (TPSA) is 78.9 Å². The van der Waals surface area contributed by atoms with Crippen molar-refractivity contribution in [1.29, 1.82) is 0 Å². The zero-order valence-corrected chi connectivity index (χ0v) is 9.14. The Morgan fingerprint density at radius 2 is 1.94 bits per heavy atom. The Labute approximate surface area is 93.2 Å². The van der Waals surface area contributed by atoms with Crippen LogP contribution in [0.5, 0.6) is 0 Å². The van der Waals surface area contributed by atoms with Gasteiger partial charge in [0.25, 0.3) is 0 Å². The zero-order valence-electron chi connectivity index (χ0n) is 9.14. The molecule has 0 aliphatic carbocycles. The van der Waals surface area contributed by atoms with Crippen LogP contribution in [0.4, 0.5) is 0 Å². The first-order chi connectivity index (χ1) is 7.77. The third-order valence-electron chi connectivity index (χ3n) is 1.78. The molecule has 16 heavy (non-hydrogen) atoms. The first-order valence-corrected chi connectivity index (χ1v) is 4.96. The molecule has 0 unspecified atom stereocenters. The Bertz CT molecular complexity index is 451. The van der Waals surface area contributed by atoms with Crippen LogP contribution in [0.2, 0.25) is 0 Å². The maximum absolute atomic E-state index is 10.6. The van der Waals surface area contributed by atoms with E-state index in [1.54, 1.807) is 24.5 Å². The first kappa shape index (κ1) is 11.9. The van der Waals surface area contributed by atoms with E-state index >= 15 is 0 Å². The number of aromatic nitrogens is 3. The largest absolute Gasteiger partial charge is 0.477 e. The van der Waals surface area contributed by atoms with Gasteiger partial charge in [-0.25, -0.2) is 4.79 Å². The zero-order chi connectivity index (χ0) is 12.0. The summed E-state index contributed by atoms with van der Waals surface area (Å²) in [5.41, 5.74) is 1.52. The molecule has 0 saturated carbocycles. The van der Waals surface area contributed by atoms with Gasteiger partial charge in [-0.15, -0.1) is 0 Å². The molecule has 0 fully saturated rings. The van der Waals surface area contributed by atoms with Crippen molar-refractivity contribution >= 4 is 5.97 Å². The summed E-state index contributed by atoms with van der Waals surface area (Å²) in [5.74, 6) is -1.02. The van der Waals surface area contributed by atoms with Gasteiger partial charge in [0.2, 0.25) is 0 Å². The van der Waals surface area contributed by atoms with Gasteiger partial charge in [0.15, 0.2) is 0 Å². The van der Waals surface area contributed by atoms with Gasteiger partial charge < -0.3 is 5.11 Å². The molecule has 0 radical (unpaired) electrons. The number of carboxylic acid groups (broad SMARTS) is 1. The molecule has 84 valence electrons. The van der Waals surface area contributed by atoms with Crippen LogP contribution in [0.1, 0.15) is 24.3 Å². The number of carbonyl (C=O) groups is 1. The van der Waals surface area contributed by atoms with Crippen LogP contribution < -0.4 is 0 Å². The molecule has 2 aromatic heterocycles. The van der Waals surface area contributed by atoms with Crippen molar-refractivity contribution in [3.05, 3.63) is 36.3 Å². The molecule has 5 heteroatoms. The predicted octanol–water partition coefficient (Wildman–Crippen LogP) is 2.20. The molecule has 0 amide bonds. The Morgan fingerprint density at radius 3 is 2.44 bits per heavy atom. The monoisotopic (exact) mass is 219 g/mol. The van der Waals surface area contributed by atoms with Gasteiger partial charge in [-0.2, -0.15) is 5.10 Å². The van der Waals surface area contributed by atoms with Gasteiger partial charge in [-0.3, -0.25) is 10.1 Å². The van der Waals surface area contributed by atoms with Gasteiger partial charge in [0.1, 0.15) is 5.69 Å². The van der Waals surface area contributed by atoms with Crippen molar-refractivity contribution in [3.63, 3.8) is 0 Å². The highest BCUT2D eigenvalue weighted by Gasteiger charge is 2.08. The maximum atomic E-state index is 10.6. The highest BCUT2D eigenvalue weighted by molar-refractivity contribution is 5.86. The summed E-state index contributed by atoms with van der Waals surface area (Å²) in [5, 5.41) is 15.0. The van der Waals surface area contributed by atoms with E-state index in [-0.39, 0.29) is 5.69 Å². The number of aromatic amines is 1. The molecule has 2 heterocycles. The Hall–Kier alpha value is -2.17. The fourth-order valence-electron chi connectivity index (χ4n) is 1.10. The summed E-state index contributed by atoms with van der Waals surface area (Å²) in [7, 11) is 0. The third-order valence-corrected chi connectivity index (χ3v) is 1.78. The summed E-state index contributed by atoms with van der Waals surface area (Å²) in [6.45, 7) is 4.00. The lowest BCUT2D eigenvalue weighted by atomic mass is 10.2. The molecule has 0 spiro atoms. The number of rotatable bonds is 2. The summed E-state index contributed by atoms with van der Waals surface area (Å²) in [6, 6.07) is 5.02. The van der Waals surface area contributed by atoms with Crippen LogP contribution in [0.3, 0.4) is 0 Å². The number of H-pyrrole nitrogens is 1. The summed E-state index contributed by atoms with van der Waals surface area (Å²) >= 11 is 0. The number of pyridine rings is 1. The molecule has 2 N–H and O–H groups in total. The second kappa shape index (κ2) is 5.65. The van der Waals surface area contributed by atoms with Crippen molar-refractivity contribution in [1.82, 2.24) is 15.2 Å². The minimum Gasteiger partial charge on any atom is -0.477 e. The Balaban J connectivity index is 0.000000606. The number of hydrogen-bond donors (Lipinski definition) is 2. The highest BCUT2D eigenvalue weighted by Crippen LogP contribution is 2.15. The highest BCUT2D eigenvalue weighted by atomic mass is 16.4. The number of nitrogens with one attached hydrogen (secondary N) is 1. The lowest BCUT2D eigenvalue weighted by Crippen LogP contribution is -1.95. The predicted molar refractivity (Wildman–Crippen MR) is 60.1 cm³/mol. The number of aromatic carboxylic acids is 1. The van der Waals surface area contributed by atoms with Gasteiger partial charge in [-0.1, -0.05) is 13.8 Å². The average Bonchev–Trinajstić information content (AvgIpc) is 2.82.